The highest BCUT2D eigenvalue weighted by Gasteiger charge is 2.43. The average Bonchev–Trinajstić information content (AvgIpc) is 2.96. The molecule has 0 aromatic heterocycles. The van der Waals surface area contributed by atoms with Gasteiger partial charge in [0.2, 0.25) is 0 Å². The molecular weight excluding hydrogens is 374 g/mol. The van der Waals surface area contributed by atoms with E-state index in [2.05, 4.69) is 10.6 Å². The number of carbonyl (C=O) groups excluding carboxylic acids is 3. The van der Waals surface area contributed by atoms with Crippen molar-refractivity contribution < 1.29 is 23.9 Å². The van der Waals surface area contributed by atoms with E-state index in [4.69, 9.17) is 9.47 Å². The third-order valence-electron chi connectivity index (χ3n) is 4.03. The molecule has 0 bridgehead atoms. The molecule has 2 N–H and O–H groups in total. The zero-order valence-corrected chi connectivity index (χ0v) is 17.9. The number of esters is 1. The summed E-state index contributed by atoms with van der Waals surface area (Å²) in [5, 5.41) is 5.51. The molecule has 2 rings (SSSR count). The molecule has 2 atom stereocenters. The quantitative estimate of drug-likeness (QED) is 0.752. The van der Waals surface area contributed by atoms with Crippen LogP contribution >= 0.6 is 0 Å². The highest BCUT2D eigenvalue weighted by Crippen LogP contribution is 2.24. The van der Waals surface area contributed by atoms with Crippen LogP contribution in [0.15, 0.2) is 30.3 Å². The van der Waals surface area contributed by atoms with Crippen molar-refractivity contribution >= 4 is 23.8 Å². The Hall–Kier alpha value is -2.77. The smallest absolute Gasteiger partial charge is 0.410 e. The van der Waals surface area contributed by atoms with Crippen molar-refractivity contribution in [1.82, 2.24) is 10.2 Å². The summed E-state index contributed by atoms with van der Waals surface area (Å²) >= 11 is 0. The molecule has 160 valence electrons. The van der Waals surface area contributed by atoms with Crippen LogP contribution in [0.25, 0.3) is 0 Å². The minimum Gasteiger partial charge on any atom is -0.460 e. The van der Waals surface area contributed by atoms with E-state index in [-0.39, 0.29) is 13.1 Å². The van der Waals surface area contributed by atoms with Crippen molar-refractivity contribution in [2.45, 2.75) is 58.8 Å². The van der Waals surface area contributed by atoms with Crippen molar-refractivity contribution in [3.05, 3.63) is 30.3 Å². The molecule has 1 heterocycles. The Bertz CT molecular complexity index is 737. The molecule has 0 spiro atoms. The number of para-hydroxylation sites is 1. The predicted molar refractivity (Wildman–Crippen MR) is 110 cm³/mol. The highest BCUT2D eigenvalue weighted by molar-refractivity contribution is 5.90. The van der Waals surface area contributed by atoms with E-state index in [0.717, 1.165) is 0 Å². The van der Waals surface area contributed by atoms with Crippen LogP contribution in [0, 0.1) is 5.92 Å². The zero-order chi connectivity index (χ0) is 21.8. The third kappa shape index (κ3) is 7.29. The second-order valence-corrected chi connectivity index (χ2v) is 9.10. The largest absolute Gasteiger partial charge is 0.460 e. The van der Waals surface area contributed by atoms with Gasteiger partial charge in [-0.15, -0.1) is 0 Å². The Morgan fingerprint density at radius 3 is 2.07 bits per heavy atom. The van der Waals surface area contributed by atoms with Gasteiger partial charge in [0.25, 0.3) is 0 Å². The summed E-state index contributed by atoms with van der Waals surface area (Å²) in [4.78, 5) is 39.0. The molecule has 1 aliphatic rings. The van der Waals surface area contributed by atoms with Gasteiger partial charge in [-0.25, -0.2) is 9.59 Å². The molecule has 0 unspecified atom stereocenters. The number of benzene rings is 1. The van der Waals surface area contributed by atoms with E-state index >= 15 is 0 Å². The van der Waals surface area contributed by atoms with Crippen molar-refractivity contribution in [1.29, 1.82) is 0 Å². The number of ether oxygens (including phenoxy) is 2. The lowest BCUT2D eigenvalue weighted by atomic mass is 10.0. The van der Waals surface area contributed by atoms with Crippen LogP contribution in [0.1, 0.15) is 41.5 Å². The van der Waals surface area contributed by atoms with E-state index in [9.17, 15) is 14.4 Å². The van der Waals surface area contributed by atoms with Crippen molar-refractivity contribution in [2.75, 3.05) is 18.4 Å². The van der Waals surface area contributed by atoms with Gasteiger partial charge < -0.3 is 25.0 Å². The van der Waals surface area contributed by atoms with E-state index < -0.39 is 41.3 Å². The van der Waals surface area contributed by atoms with Gasteiger partial charge in [0.1, 0.15) is 11.2 Å². The SMILES string of the molecule is CC(C)(C)OC(=O)[C@@H]1CN(C(=O)OC(C)(C)C)C[C@@H]1NC(=O)Nc1ccccc1. The first-order valence-corrected chi connectivity index (χ1v) is 9.67. The number of nitrogens with one attached hydrogen (secondary N) is 2. The lowest BCUT2D eigenvalue weighted by Crippen LogP contribution is -2.46. The van der Waals surface area contributed by atoms with Gasteiger partial charge in [-0.3, -0.25) is 4.79 Å². The molecule has 3 amide bonds. The fourth-order valence-corrected chi connectivity index (χ4v) is 2.90. The summed E-state index contributed by atoms with van der Waals surface area (Å²) in [6.07, 6.45) is -0.529. The molecular formula is C21H31N3O5. The van der Waals surface area contributed by atoms with Crippen molar-refractivity contribution in [3.8, 4) is 0 Å². The number of hydrogen-bond donors (Lipinski definition) is 2. The summed E-state index contributed by atoms with van der Waals surface area (Å²) in [5.74, 6) is -1.16. The first-order chi connectivity index (χ1) is 13.3. The number of nitrogens with zero attached hydrogens (tertiary/aromatic N) is 1. The van der Waals surface area contributed by atoms with Crippen molar-refractivity contribution in [3.63, 3.8) is 0 Å². The first-order valence-electron chi connectivity index (χ1n) is 9.67. The zero-order valence-electron chi connectivity index (χ0n) is 17.9. The van der Waals surface area contributed by atoms with Gasteiger partial charge in [-0.05, 0) is 53.7 Å². The molecule has 1 aromatic carbocycles. The lowest BCUT2D eigenvalue weighted by molar-refractivity contribution is -0.159. The van der Waals surface area contributed by atoms with Gasteiger partial charge in [-0.1, -0.05) is 18.2 Å². The molecule has 1 fully saturated rings. The number of carbonyl (C=O) groups is 3. The van der Waals surface area contributed by atoms with E-state index in [1.807, 2.05) is 6.07 Å². The fourth-order valence-electron chi connectivity index (χ4n) is 2.90. The predicted octanol–water partition coefficient (Wildman–Crippen LogP) is 3.39. The summed E-state index contributed by atoms with van der Waals surface area (Å²) in [6.45, 7) is 10.9. The Labute approximate surface area is 171 Å². The number of hydrogen-bond acceptors (Lipinski definition) is 5. The molecule has 1 aliphatic heterocycles. The maximum atomic E-state index is 12.7. The van der Waals surface area contributed by atoms with Crippen LogP contribution in [0.3, 0.4) is 0 Å². The maximum absolute atomic E-state index is 12.7. The Morgan fingerprint density at radius 2 is 1.52 bits per heavy atom. The van der Waals surface area contributed by atoms with Gasteiger partial charge in [0, 0.05) is 18.8 Å². The maximum Gasteiger partial charge on any atom is 0.410 e. The van der Waals surface area contributed by atoms with Crippen LogP contribution < -0.4 is 10.6 Å². The van der Waals surface area contributed by atoms with Crippen LogP contribution in [0.4, 0.5) is 15.3 Å². The van der Waals surface area contributed by atoms with Gasteiger partial charge in [0.05, 0.1) is 12.0 Å². The topological polar surface area (TPSA) is 97.0 Å². The Morgan fingerprint density at radius 1 is 0.931 bits per heavy atom. The lowest BCUT2D eigenvalue weighted by Gasteiger charge is -2.25. The van der Waals surface area contributed by atoms with Crippen LogP contribution in [0.2, 0.25) is 0 Å². The van der Waals surface area contributed by atoms with E-state index in [0.29, 0.717) is 5.69 Å². The normalized spacial score (nSPS) is 19.4. The Balaban J connectivity index is 2.10. The highest BCUT2D eigenvalue weighted by atomic mass is 16.6. The van der Waals surface area contributed by atoms with Crippen LogP contribution in [-0.4, -0.2) is 53.3 Å². The number of urea groups is 1. The van der Waals surface area contributed by atoms with Gasteiger partial charge in [-0.2, -0.15) is 0 Å². The first kappa shape index (κ1) is 22.5. The molecule has 1 aromatic rings. The summed E-state index contributed by atoms with van der Waals surface area (Å²) in [6, 6.07) is 7.91. The van der Waals surface area contributed by atoms with Crippen molar-refractivity contribution in [2.24, 2.45) is 5.92 Å². The number of likely N-dealkylation sites (tertiary alicyclic amines) is 1. The third-order valence-corrected chi connectivity index (χ3v) is 4.03. The summed E-state index contributed by atoms with van der Waals surface area (Å²) < 4.78 is 10.9. The van der Waals surface area contributed by atoms with Gasteiger partial charge >= 0.3 is 18.1 Å². The molecule has 8 heteroatoms. The fraction of sp³-hybridized carbons (Fsp3) is 0.571. The minimum atomic E-state index is -0.691. The standard InChI is InChI=1S/C21H31N3O5/c1-20(2,3)28-17(25)15-12-24(19(27)29-21(4,5)6)13-16(15)23-18(26)22-14-10-8-7-9-11-14/h7-11,15-16H,12-13H2,1-6H3,(H2,22,23,26)/t15-,16+/m1/s1. The molecule has 29 heavy (non-hydrogen) atoms. The molecule has 0 aliphatic carbocycles. The molecule has 1 saturated heterocycles. The number of rotatable bonds is 3. The molecule has 8 nitrogen and oxygen atoms in total. The summed E-state index contributed by atoms with van der Waals surface area (Å²) in [7, 11) is 0. The molecule has 0 radical (unpaired) electrons. The monoisotopic (exact) mass is 405 g/mol. The summed E-state index contributed by atoms with van der Waals surface area (Å²) in [5.41, 5.74) is -0.706. The molecule has 0 saturated carbocycles. The van der Waals surface area contributed by atoms with Gasteiger partial charge in [0.15, 0.2) is 0 Å². The van der Waals surface area contributed by atoms with E-state index in [1.54, 1.807) is 65.8 Å². The minimum absolute atomic E-state index is 0.111. The van der Waals surface area contributed by atoms with Crippen LogP contribution in [0.5, 0.6) is 0 Å². The number of amides is 3. The Kier molecular flexibility index (Phi) is 6.77. The van der Waals surface area contributed by atoms with Crippen LogP contribution in [-0.2, 0) is 14.3 Å². The average molecular weight is 405 g/mol. The second-order valence-electron chi connectivity index (χ2n) is 9.10. The second kappa shape index (κ2) is 8.71. The van der Waals surface area contributed by atoms with E-state index in [1.165, 1.54) is 4.90 Å². The number of anilines is 1.